The largest absolute Gasteiger partial charge is 0.332 e. The van der Waals surface area contributed by atoms with Gasteiger partial charge >= 0.3 is 0 Å². The third-order valence-electron chi connectivity index (χ3n) is 3.31. The van der Waals surface area contributed by atoms with Crippen molar-refractivity contribution in [3.05, 3.63) is 41.9 Å². The van der Waals surface area contributed by atoms with Gasteiger partial charge in [-0.2, -0.15) is 0 Å². The van der Waals surface area contributed by atoms with Gasteiger partial charge in [0.1, 0.15) is 11.6 Å². The van der Waals surface area contributed by atoms with Crippen molar-refractivity contribution in [2.45, 2.75) is 25.4 Å². The zero-order chi connectivity index (χ0) is 12.7. The Kier molecular flexibility index (Phi) is 2.63. The van der Waals surface area contributed by atoms with Gasteiger partial charge < -0.3 is 10.3 Å². The van der Waals surface area contributed by atoms with Crippen LogP contribution >= 0.6 is 0 Å². The van der Waals surface area contributed by atoms with Crippen molar-refractivity contribution in [3.63, 3.8) is 0 Å². The summed E-state index contributed by atoms with van der Waals surface area (Å²) in [6, 6.07) is 3.53. The van der Waals surface area contributed by atoms with E-state index in [2.05, 4.69) is 4.98 Å². The summed E-state index contributed by atoms with van der Waals surface area (Å²) in [6.45, 7) is 0.680. The van der Waals surface area contributed by atoms with Gasteiger partial charge in [0.15, 0.2) is 0 Å². The molecule has 1 unspecified atom stereocenters. The van der Waals surface area contributed by atoms with Crippen molar-refractivity contribution in [1.29, 1.82) is 0 Å². The highest BCUT2D eigenvalue weighted by Crippen LogP contribution is 2.28. The van der Waals surface area contributed by atoms with Crippen molar-refractivity contribution >= 4 is 0 Å². The first-order valence-electron chi connectivity index (χ1n) is 5.90. The van der Waals surface area contributed by atoms with Gasteiger partial charge in [-0.25, -0.2) is 13.8 Å². The van der Waals surface area contributed by atoms with Crippen LogP contribution in [0.3, 0.4) is 0 Å². The fourth-order valence-corrected chi connectivity index (χ4v) is 2.40. The fourth-order valence-electron chi connectivity index (χ4n) is 2.40. The van der Waals surface area contributed by atoms with Crippen LogP contribution in [0.5, 0.6) is 0 Å². The van der Waals surface area contributed by atoms with E-state index < -0.39 is 11.6 Å². The Morgan fingerprint density at radius 2 is 2.17 bits per heavy atom. The molecule has 1 aliphatic rings. The van der Waals surface area contributed by atoms with Gasteiger partial charge in [0.25, 0.3) is 0 Å². The molecule has 0 amide bonds. The lowest BCUT2D eigenvalue weighted by Crippen LogP contribution is -2.31. The molecule has 0 fully saturated rings. The fraction of sp³-hybridized carbons (Fsp3) is 0.308. The van der Waals surface area contributed by atoms with Crippen LogP contribution in [0.15, 0.2) is 24.5 Å². The molecule has 2 aromatic rings. The Hall–Kier alpha value is -1.75. The highest BCUT2D eigenvalue weighted by molar-refractivity contribution is 5.63. The van der Waals surface area contributed by atoms with Crippen LogP contribution in [0.4, 0.5) is 8.78 Å². The highest BCUT2D eigenvalue weighted by Gasteiger charge is 2.21. The Labute approximate surface area is 103 Å². The Bertz CT molecular complexity index is 592. The summed E-state index contributed by atoms with van der Waals surface area (Å²) in [4.78, 5) is 4.21. The van der Waals surface area contributed by atoms with Crippen LogP contribution in [0.1, 0.15) is 12.1 Å². The van der Waals surface area contributed by atoms with Crippen LogP contribution in [-0.2, 0) is 13.0 Å². The molecule has 1 aromatic heterocycles. The summed E-state index contributed by atoms with van der Waals surface area (Å²) >= 11 is 0. The third-order valence-corrected chi connectivity index (χ3v) is 3.31. The molecule has 2 N–H and O–H groups in total. The average Bonchev–Trinajstić information content (AvgIpc) is 2.75. The molecule has 0 saturated heterocycles. The van der Waals surface area contributed by atoms with Crippen LogP contribution in [0, 0.1) is 11.6 Å². The first-order chi connectivity index (χ1) is 8.65. The summed E-state index contributed by atoms with van der Waals surface area (Å²) in [7, 11) is 0. The Morgan fingerprint density at radius 3 is 3.00 bits per heavy atom. The van der Waals surface area contributed by atoms with E-state index in [9.17, 15) is 8.78 Å². The minimum Gasteiger partial charge on any atom is -0.332 e. The highest BCUT2D eigenvalue weighted by atomic mass is 19.1. The third kappa shape index (κ3) is 1.80. The maximum atomic E-state index is 13.7. The van der Waals surface area contributed by atoms with Gasteiger partial charge in [0, 0.05) is 23.8 Å². The van der Waals surface area contributed by atoms with E-state index in [4.69, 9.17) is 5.73 Å². The maximum absolute atomic E-state index is 13.7. The van der Waals surface area contributed by atoms with E-state index in [1.807, 2.05) is 4.57 Å². The van der Waals surface area contributed by atoms with Crippen molar-refractivity contribution in [2.24, 2.45) is 5.73 Å². The lowest BCUT2D eigenvalue weighted by molar-refractivity contribution is 0.461. The maximum Gasteiger partial charge on any atom is 0.132 e. The van der Waals surface area contributed by atoms with E-state index in [0.29, 0.717) is 12.2 Å². The average molecular weight is 249 g/mol. The van der Waals surface area contributed by atoms with Gasteiger partial charge in [0.05, 0.1) is 12.0 Å². The molecule has 1 aliphatic heterocycles. The van der Waals surface area contributed by atoms with Crippen molar-refractivity contribution in [3.8, 4) is 11.3 Å². The van der Waals surface area contributed by atoms with Gasteiger partial charge in [0.2, 0.25) is 0 Å². The summed E-state index contributed by atoms with van der Waals surface area (Å²) in [5.41, 5.74) is 7.55. The lowest BCUT2D eigenvalue weighted by Gasteiger charge is -2.21. The number of rotatable bonds is 1. The zero-order valence-electron chi connectivity index (χ0n) is 9.74. The van der Waals surface area contributed by atoms with E-state index in [-0.39, 0.29) is 11.6 Å². The van der Waals surface area contributed by atoms with E-state index >= 15 is 0 Å². The molecule has 0 bridgehead atoms. The molecule has 18 heavy (non-hydrogen) atoms. The number of fused-ring (bicyclic) bond motifs is 1. The summed E-state index contributed by atoms with van der Waals surface area (Å²) < 4.78 is 28.9. The summed E-state index contributed by atoms with van der Waals surface area (Å²) in [5, 5.41) is 0. The monoisotopic (exact) mass is 249 g/mol. The second-order valence-electron chi connectivity index (χ2n) is 4.62. The number of aromatic nitrogens is 2. The molecule has 0 radical (unpaired) electrons. The number of halogens is 2. The number of benzene rings is 1. The van der Waals surface area contributed by atoms with Crippen molar-refractivity contribution in [1.82, 2.24) is 9.55 Å². The van der Waals surface area contributed by atoms with Crippen LogP contribution < -0.4 is 5.73 Å². The summed E-state index contributed by atoms with van der Waals surface area (Å²) in [6.07, 6.45) is 3.23. The molecular weight excluding hydrogens is 236 g/mol. The molecule has 0 aliphatic carbocycles. The molecule has 1 aromatic carbocycles. The second-order valence-corrected chi connectivity index (χ2v) is 4.62. The lowest BCUT2D eigenvalue weighted by atomic mass is 10.0. The standard InChI is InChI=1S/C13H13F2N3/c14-8-1-3-11(15)10(5-8)13-12-4-2-9(16)6-18(12)7-17-13/h1,3,5,7,9H,2,4,6,16H2. The minimum atomic E-state index is -0.458. The summed E-state index contributed by atoms with van der Waals surface area (Å²) in [5.74, 6) is -0.909. The van der Waals surface area contributed by atoms with Gasteiger partial charge in [-0.3, -0.25) is 0 Å². The van der Waals surface area contributed by atoms with Crippen LogP contribution in [0.25, 0.3) is 11.3 Å². The first kappa shape index (κ1) is 11.3. The predicted octanol–water partition coefficient (Wildman–Crippen LogP) is 2.10. The van der Waals surface area contributed by atoms with Crippen LogP contribution in [-0.4, -0.2) is 15.6 Å². The normalized spacial score (nSPS) is 18.7. The number of nitrogens with two attached hydrogens (primary N) is 1. The minimum absolute atomic E-state index is 0.108. The number of hydrogen-bond acceptors (Lipinski definition) is 2. The molecule has 2 heterocycles. The number of nitrogens with zero attached hydrogens (tertiary/aromatic N) is 2. The van der Waals surface area contributed by atoms with Gasteiger partial charge in [-0.1, -0.05) is 0 Å². The zero-order valence-corrected chi connectivity index (χ0v) is 9.74. The topological polar surface area (TPSA) is 43.8 Å². The smallest absolute Gasteiger partial charge is 0.132 e. The van der Waals surface area contributed by atoms with E-state index in [1.54, 1.807) is 6.33 Å². The molecule has 3 rings (SSSR count). The molecule has 5 heteroatoms. The molecule has 94 valence electrons. The van der Waals surface area contributed by atoms with Crippen molar-refractivity contribution in [2.75, 3.05) is 0 Å². The van der Waals surface area contributed by atoms with Gasteiger partial charge in [-0.05, 0) is 31.0 Å². The quantitative estimate of drug-likeness (QED) is 0.841. The molecule has 0 saturated carbocycles. The predicted molar refractivity (Wildman–Crippen MR) is 63.9 cm³/mol. The molecular formula is C13H13F2N3. The molecule has 3 nitrogen and oxygen atoms in total. The second kappa shape index (κ2) is 4.17. The van der Waals surface area contributed by atoms with Crippen molar-refractivity contribution < 1.29 is 8.78 Å². The molecule has 0 spiro atoms. The number of hydrogen-bond donors (Lipinski definition) is 1. The first-order valence-corrected chi connectivity index (χ1v) is 5.90. The Balaban J connectivity index is 2.10. The van der Waals surface area contributed by atoms with E-state index in [0.717, 1.165) is 30.7 Å². The molecule has 1 atom stereocenters. The van der Waals surface area contributed by atoms with Crippen LogP contribution in [0.2, 0.25) is 0 Å². The number of imidazole rings is 1. The van der Waals surface area contributed by atoms with Gasteiger partial charge in [-0.15, -0.1) is 0 Å². The SMILES string of the molecule is NC1CCc2c(-c3cc(F)ccc3F)ncn2C1. The van der Waals surface area contributed by atoms with E-state index in [1.165, 1.54) is 6.07 Å². The Morgan fingerprint density at radius 1 is 1.33 bits per heavy atom.